The van der Waals surface area contributed by atoms with Gasteiger partial charge in [-0.05, 0) is 50.4 Å². The van der Waals surface area contributed by atoms with Gasteiger partial charge in [0.1, 0.15) is 0 Å². The van der Waals surface area contributed by atoms with E-state index in [9.17, 15) is 0 Å². The van der Waals surface area contributed by atoms with Crippen LogP contribution in [0, 0.1) is 5.92 Å². The van der Waals surface area contributed by atoms with Gasteiger partial charge in [-0.2, -0.15) is 0 Å². The Hall–Kier alpha value is -0.570. The average Bonchev–Trinajstić information content (AvgIpc) is 2.42. The van der Waals surface area contributed by atoms with Crippen molar-refractivity contribution < 1.29 is 0 Å². The maximum Gasteiger partial charge on any atom is 0.0406 e. The van der Waals surface area contributed by atoms with Crippen LogP contribution in [0.1, 0.15) is 52.6 Å². The molecule has 0 saturated carbocycles. The quantitative estimate of drug-likeness (QED) is 0.708. The molecule has 0 amide bonds. The molecule has 2 nitrogen and oxygen atoms in total. The number of rotatable bonds is 9. The molecule has 0 fully saturated rings. The molecule has 0 aliphatic carbocycles. The summed E-state index contributed by atoms with van der Waals surface area (Å²) in [6.45, 7) is 14.6. The molecule has 0 bridgehead atoms. The van der Waals surface area contributed by atoms with E-state index in [2.05, 4.69) is 57.0 Å². The molecule has 1 unspecified atom stereocenters. The lowest BCUT2D eigenvalue weighted by atomic mass is 10.0. The maximum absolute atomic E-state index is 5.99. The van der Waals surface area contributed by atoms with Crippen molar-refractivity contribution in [2.24, 2.45) is 5.92 Å². The Morgan fingerprint density at radius 3 is 2.19 bits per heavy atom. The van der Waals surface area contributed by atoms with Gasteiger partial charge >= 0.3 is 0 Å². The summed E-state index contributed by atoms with van der Waals surface area (Å²) in [5, 5.41) is 4.40. The molecule has 0 aliphatic heterocycles. The summed E-state index contributed by atoms with van der Waals surface area (Å²) in [5.41, 5.74) is 1.33. The summed E-state index contributed by atoms with van der Waals surface area (Å²) in [6, 6.07) is 9.24. The molecular weight excluding hydrogens is 280 g/mol. The van der Waals surface area contributed by atoms with Crippen molar-refractivity contribution in [3.63, 3.8) is 0 Å². The second kappa shape index (κ2) is 9.45. The van der Waals surface area contributed by atoms with Crippen LogP contribution in [-0.4, -0.2) is 30.6 Å². The fraction of sp³-hybridized carbons (Fsp3) is 0.667. The molecule has 120 valence electrons. The molecule has 1 aromatic rings. The van der Waals surface area contributed by atoms with Crippen molar-refractivity contribution >= 4 is 11.6 Å². The molecule has 0 saturated heterocycles. The first-order valence-electron chi connectivity index (χ1n) is 8.16. The zero-order valence-electron chi connectivity index (χ0n) is 14.2. The molecule has 1 N–H and O–H groups in total. The van der Waals surface area contributed by atoms with Crippen molar-refractivity contribution in [1.82, 2.24) is 10.2 Å². The minimum absolute atomic E-state index is 0.403. The second-order valence-corrected chi connectivity index (χ2v) is 6.87. The Bertz CT molecular complexity index is 387. The predicted octanol–water partition coefficient (Wildman–Crippen LogP) is 4.75. The number of halogens is 1. The molecule has 1 rings (SSSR count). The topological polar surface area (TPSA) is 15.3 Å². The number of nitrogens with one attached hydrogen (secondary N) is 1. The Balaban J connectivity index is 2.67. The fourth-order valence-electron chi connectivity index (χ4n) is 2.65. The van der Waals surface area contributed by atoms with E-state index < -0.39 is 0 Å². The average molecular weight is 311 g/mol. The zero-order chi connectivity index (χ0) is 15.8. The van der Waals surface area contributed by atoms with Gasteiger partial charge in [-0.1, -0.05) is 44.5 Å². The van der Waals surface area contributed by atoms with Crippen LogP contribution in [-0.2, 0) is 0 Å². The van der Waals surface area contributed by atoms with E-state index in [0.29, 0.717) is 18.0 Å². The third-order valence-electron chi connectivity index (χ3n) is 3.76. The Morgan fingerprint density at radius 2 is 1.71 bits per heavy atom. The van der Waals surface area contributed by atoms with Crippen molar-refractivity contribution in [2.75, 3.05) is 19.6 Å². The number of hydrogen-bond donors (Lipinski definition) is 1. The molecule has 3 heteroatoms. The summed E-state index contributed by atoms with van der Waals surface area (Å²) < 4.78 is 0. The molecule has 0 aromatic heterocycles. The van der Waals surface area contributed by atoms with E-state index in [0.717, 1.165) is 31.1 Å². The van der Waals surface area contributed by atoms with Gasteiger partial charge in [0.25, 0.3) is 0 Å². The van der Waals surface area contributed by atoms with Crippen LogP contribution in [0.25, 0.3) is 0 Å². The van der Waals surface area contributed by atoms with E-state index >= 15 is 0 Å². The Morgan fingerprint density at radius 1 is 1.10 bits per heavy atom. The monoisotopic (exact) mass is 310 g/mol. The lowest BCUT2D eigenvalue weighted by Crippen LogP contribution is -2.37. The minimum Gasteiger partial charge on any atom is -0.310 e. The third-order valence-corrected chi connectivity index (χ3v) is 4.01. The third kappa shape index (κ3) is 6.82. The van der Waals surface area contributed by atoms with Crippen molar-refractivity contribution in [1.29, 1.82) is 0 Å². The zero-order valence-corrected chi connectivity index (χ0v) is 15.0. The standard InChI is InChI=1S/C18H31ClN2/c1-6-20-18(16-7-9-17(19)10-8-16)11-12-21(15(4)5)13-14(2)3/h7-10,14-15,18,20H,6,11-13H2,1-5H3. The summed E-state index contributed by atoms with van der Waals surface area (Å²) >= 11 is 5.99. The second-order valence-electron chi connectivity index (χ2n) is 6.43. The van der Waals surface area contributed by atoms with Gasteiger partial charge in [-0.15, -0.1) is 0 Å². The van der Waals surface area contributed by atoms with Gasteiger partial charge in [0, 0.05) is 30.2 Å². The summed E-state index contributed by atoms with van der Waals surface area (Å²) in [4.78, 5) is 2.57. The Labute approximate surface area is 135 Å². The van der Waals surface area contributed by atoms with E-state index in [-0.39, 0.29) is 0 Å². The highest BCUT2D eigenvalue weighted by atomic mass is 35.5. The smallest absolute Gasteiger partial charge is 0.0406 e. The molecule has 0 radical (unpaired) electrons. The lowest BCUT2D eigenvalue weighted by molar-refractivity contribution is 0.188. The van der Waals surface area contributed by atoms with Gasteiger partial charge < -0.3 is 10.2 Å². The molecule has 0 aliphatic rings. The van der Waals surface area contributed by atoms with Gasteiger partial charge in [0.15, 0.2) is 0 Å². The van der Waals surface area contributed by atoms with E-state index in [1.807, 2.05) is 12.1 Å². The van der Waals surface area contributed by atoms with Crippen LogP contribution in [0.3, 0.4) is 0 Å². The largest absolute Gasteiger partial charge is 0.310 e. The normalized spacial score (nSPS) is 13.4. The summed E-state index contributed by atoms with van der Waals surface area (Å²) in [5.74, 6) is 0.709. The SMILES string of the molecule is CCNC(CCN(CC(C)C)C(C)C)c1ccc(Cl)cc1. The van der Waals surface area contributed by atoms with Crippen molar-refractivity contribution in [3.8, 4) is 0 Å². The van der Waals surface area contributed by atoms with Gasteiger partial charge in [-0.25, -0.2) is 0 Å². The predicted molar refractivity (Wildman–Crippen MR) is 94.0 cm³/mol. The van der Waals surface area contributed by atoms with E-state index in [1.54, 1.807) is 0 Å². The minimum atomic E-state index is 0.403. The highest BCUT2D eigenvalue weighted by Gasteiger charge is 2.15. The highest BCUT2D eigenvalue weighted by Crippen LogP contribution is 2.20. The number of hydrogen-bond acceptors (Lipinski definition) is 2. The van der Waals surface area contributed by atoms with Crippen molar-refractivity contribution in [3.05, 3.63) is 34.9 Å². The first kappa shape index (κ1) is 18.5. The van der Waals surface area contributed by atoms with E-state index in [4.69, 9.17) is 11.6 Å². The fourth-order valence-corrected chi connectivity index (χ4v) is 2.78. The summed E-state index contributed by atoms with van der Waals surface area (Å²) in [7, 11) is 0. The van der Waals surface area contributed by atoms with Gasteiger partial charge in [0.05, 0.1) is 0 Å². The Kier molecular flexibility index (Phi) is 8.31. The van der Waals surface area contributed by atoms with Crippen LogP contribution in [0.5, 0.6) is 0 Å². The first-order valence-corrected chi connectivity index (χ1v) is 8.54. The molecule has 1 atom stereocenters. The first-order chi connectivity index (χ1) is 9.93. The lowest BCUT2D eigenvalue weighted by Gasteiger charge is -2.30. The molecule has 0 spiro atoms. The van der Waals surface area contributed by atoms with Gasteiger partial charge in [0.2, 0.25) is 0 Å². The number of benzene rings is 1. The van der Waals surface area contributed by atoms with Crippen LogP contribution < -0.4 is 5.32 Å². The summed E-state index contributed by atoms with van der Waals surface area (Å²) in [6.07, 6.45) is 1.13. The molecule has 21 heavy (non-hydrogen) atoms. The van der Waals surface area contributed by atoms with Crippen LogP contribution in [0.2, 0.25) is 5.02 Å². The van der Waals surface area contributed by atoms with E-state index in [1.165, 1.54) is 5.56 Å². The molecule has 0 heterocycles. The highest BCUT2D eigenvalue weighted by molar-refractivity contribution is 6.30. The molecule has 1 aromatic carbocycles. The van der Waals surface area contributed by atoms with Crippen molar-refractivity contribution in [2.45, 2.75) is 53.1 Å². The van der Waals surface area contributed by atoms with Crippen LogP contribution >= 0.6 is 11.6 Å². The van der Waals surface area contributed by atoms with Gasteiger partial charge in [-0.3, -0.25) is 0 Å². The van der Waals surface area contributed by atoms with Crippen LogP contribution in [0.4, 0.5) is 0 Å². The van der Waals surface area contributed by atoms with Crippen LogP contribution in [0.15, 0.2) is 24.3 Å². The molecular formula is C18H31ClN2. The maximum atomic E-state index is 5.99. The number of nitrogens with zero attached hydrogens (tertiary/aromatic N) is 1.